The van der Waals surface area contributed by atoms with E-state index in [0.717, 1.165) is 30.6 Å². The lowest BCUT2D eigenvalue weighted by Crippen LogP contribution is -2.53. The third-order valence-corrected chi connectivity index (χ3v) is 4.72. The minimum Gasteiger partial charge on any atom is -0.504 e. The average Bonchev–Trinajstić information content (AvgIpc) is 2.46. The summed E-state index contributed by atoms with van der Waals surface area (Å²) in [5.74, 6) is 0.679. The first-order valence-electron chi connectivity index (χ1n) is 8.28. The van der Waals surface area contributed by atoms with E-state index < -0.39 is 6.10 Å². The van der Waals surface area contributed by atoms with Crippen LogP contribution in [-0.2, 0) is 11.2 Å². The van der Waals surface area contributed by atoms with Gasteiger partial charge in [-0.1, -0.05) is 0 Å². The number of fused-ring (bicyclic) bond motifs is 3. The van der Waals surface area contributed by atoms with E-state index in [1.165, 1.54) is 0 Å². The van der Waals surface area contributed by atoms with Gasteiger partial charge in [-0.2, -0.15) is 0 Å². The molecule has 2 aliphatic rings. The van der Waals surface area contributed by atoms with Crippen molar-refractivity contribution in [1.82, 2.24) is 4.90 Å². The summed E-state index contributed by atoms with van der Waals surface area (Å²) in [7, 11) is 1.56. The molecule has 23 heavy (non-hydrogen) atoms. The molecule has 5 nitrogen and oxygen atoms in total. The first-order valence-corrected chi connectivity index (χ1v) is 8.28. The van der Waals surface area contributed by atoms with Gasteiger partial charge in [0.2, 0.25) is 0 Å². The standard InChI is InChI=1S/C18H27NO4/c1-18(2,3)23-17-10-19-6-5-11-7-14(20)16(22-4)8-12(11)13(19)9-15(17)21/h7-8,13,15,17,20-21H,5-6,9-10H2,1-4H3/t13-,15-,17-/m0/s1. The van der Waals surface area contributed by atoms with Gasteiger partial charge in [0.25, 0.3) is 0 Å². The maximum Gasteiger partial charge on any atom is 0.160 e. The molecule has 1 fully saturated rings. The topological polar surface area (TPSA) is 62.2 Å². The lowest BCUT2D eigenvalue weighted by atomic mass is 9.84. The second-order valence-corrected chi connectivity index (χ2v) is 7.56. The normalized spacial score (nSPS) is 28.1. The quantitative estimate of drug-likeness (QED) is 0.875. The maximum absolute atomic E-state index is 10.5. The predicted octanol–water partition coefficient (Wildman–Crippen LogP) is 2.25. The molecule has 1 aromatic carbocycles. The largest absolute Gasteiger partial charge is 0.504 e. The third-order valence-electron chi connectivity index (χ3n) is 4.72. The number of hydrogen-bond acceptors (Lipinski definition) is 5. The molecular weight excluding hydrogens is 294 g/mol. The molecule has 0 aromatic heterocycles. The number of aliphatic hydroxyl groups excluding tert-OH is 1. The van der Waals surface area contributed by atoms with Crippen molar-refractivity contribution in [2.45, 2.75) is 57.5 Å². The number of hydrogen-bond donors (Lipinski definition) is 2. The number of benzene rings is 1. The summed E-state index contributed by atoms with van der Waals surface area (Å²) >= 11 is 0. The Morgan fingerprint density at radius 1 is 1.26 bits per heavy atom. The molecule has 3 atom stereocenters. The van der Waals surface area contributed by atoms with Crippen LogP contribution in [0.1, 0.15) is 44.4 Å². The highest BCUT2D eigenvalue weighted by Crippen LogP contribution is 2.42. The zero-order valence-corrected chi connectivity index (χ0v) is 14.4. The number of ether oxygens (including phenoxy) is 2. The van der Waals surface area contributed by atoms with Gasteiger partial charge in [0.15, 0.2) is 11.5 Å². The molecule has 128 valence electrons. The molecule has 0 spiro atoms. The van der Waals surface area contributed by atoms with E-state index >= 15 is 0 Å². The number of nitrogens with zero attached hydrogens (tertiary/aromatic N) is 1. The van der Waals surface area contributed by atoms with Crippen molar-refractivity contribution in [3.05, 3.63) is 23.3 Å². The minimum atomic E-state index is -0.485. The van der Waals surface area contributed by atoms with Crippen molar-refractivity contribution in [2.75, 3.05) is 20.2 Å². The van der Waals surface area contributed by atoms with Crippen molar-refractivity contribution < 1.29 is 19.7 Å². The zero-order chi connectivity index (χ0) is 16.8. The fourth-order valence-electron chi connectivity index (χ4n) is 3.73. The van der Waals surface area contributed by atoms with Crippen LogP contribution >= 0.6 is 0 Å². The fraction of sp³-hybridized carbons (Fsp3) is 0.667. The molecule has 0 amide bonds. The molecule has 0 saturated carbocycles. The summed E-state index contributed by atoms with van der Waals surface area (Å²) in [6.45, 7) is 7.70. The summed E-state index contributed by atoms with van der Waals surface area (Å²) in [6.07, 6.45) is 0.886. The second-order valence-electron chi connectivity index (χ2n) is 7.56. The second kappa shape index (κ2) is 5.96. The summed E-state index contributed by atoms with van der Waals surface area (Å²) in [4.78, 5) is 2.38. The van der Waals surface area contributed by atoms with E-state index in [1.807, 2.05) is 26.8 Å². The van der Waals surface area contributed by atoms with E-state index in [1.54, 1.807) is 13.2 Å². The Bertz CT molecular complexity index is 581. The van der Waals surface area contributed by atoms with Crippen molar-refractivity contribution in [2.24, 2.45) is 0 Å². The Labute approximate surface area is 137 Å². The van der Waals surface area contributed by atoms with E-state index in [0.29, 0.717) is 12.2 Å². The number of piperidine rings is 1. The van der Waals surface area contributed by atoms with Gasteiger partial charge < -0.3 is 19.7 Å². The molecule has 0 bridgehead atoms. The van der Waals surface area contributed by atoms with E-state index in [4.69, 9.17) is 9.47 Å². The summed E-state index contributed by atoms with van der Waals surface area (Å²) < 4.78 is 11.3. The van der Waals surface area contributed by atoms with Crippen LogP contribution in [0.4, 0.5) is 0 Å². The molecule has 2 N–H and O–H groups in total. The Hall–Kier alpha value is -1.30. The van der Waals surface area contributed by atoms with Crippen LogP contribution in [-0.4, -0.2) is 53.1 Å². The molecular formula is C18H27NO4. The first kappa shape index (κ1) is 16.6. The summed E-state index contributed by atoms with van der Waals surface area (Å²) in [6, 6.07) is 3.87. The highest BCUT2D eigenvalue weighted by atomic mass is 16.5. The monoisotopic (exact) mass is 321 g/mol. The van der Waals surface area contributed by atoms with Gasteiger partial charge in [-0.15, -0.1) is 0 Å². The Balaban J connectivity index is 1.85. The first-order chi connectivity index (χ1) is 10.8. The van der Waals surface area contributed by atoms with Crippen LogP contribution < -0.4 is 4.74 Å². The molecule has 0 unspecified atom stereocenters. The SMILES string of the molecule is COc1cc2c(cc1O)CCN1C[C@H](OC(C)(C)C)[C@@H](O)C[C@@H]21. The van der Waals surface area contributed by atoms with Crippen LogP contribution in [0.25, 0.3) is 0 Å². The average molecular weight is 321 g/mol. The van der Waals surface area contributed by atoms with E-state index in [2.05, 4.69) is 4.90 Å². The van der Waals surface area contributed by atoms with Crippen LogP contribution in [0, 0.1) is 0 Å². The number of phenols is 1. The van der Waals surface area contributed by atoms with E-state index in [9.17, 15) is 10.2 Å². The maximum atomic E-state index is 10.5. The number of phenolic OH excluding ortho intramolecular Hbond substituents is 1. The smallest absolute Gasteiger partial charge is 0.160 e. The number of aromatic hydroxyl groups is 1. The highest BCUT2D eigenvalue weighted by molar-refractivity contribution is 5.48. The van der Waals surface area contributed by atoms with Crippen molar-refractivity contribution in [3.63, 3.8) is 0 Å². The molecule has 1 saturated heterocycles. The molecule has 0 radical (unpaired) electrons. The zero-order valence-electron chi connectivity index (χ0n) is 14.4. The molecule has 1 aromatic rings. The van der Waals surface area contributed by atoms with Crippen LogP contribution in [0.2, 0.25) is 0 Å². The van der Waals surface area contributed by atoms with Gasteiger partial charge in [-0.3, -0.25) is 4.90 Å². The highest BCUT2D eigenvalue weighted by Gasteiger charge is 2.40. The van der Waals surface area contributed by atoms with Crippen LogP contribution in [0.15, 0.2) is 12.1 Å². The molecule has 3 rings (SSSR count). The van der Waals surface area contributed by atoms with Crippen LogP contribution in [0.5, 0.6) is 11.5 Å². The van der Waals surface area contributed by atoms with Crippen molar-refractivity contribution in [3.8, 4) is 11.5 Å². The van der Waals surface area contributed by atoms with Crippen LogP contribution in [0.3, 0.4) is 0 Å². The minimum absolute atomic E-state index is 0.156. The predicted molar refractivity (Wildman–Crippen MR) is 87.9 cm³/mol. The molecule has 5 heteroatoms. The molecule has 2 aliphatic heterocycles. The van der Waals surface area contributed by atoms with Gasteiger partial charge in [-0.25, -0.2) is 0 Å². The van der Waals surface area contributed by atoms with Crippen molar-refractivity contribution in [1.29, 1.82) is 0 Å². The Kier molecular flexibility index (Phi) is 4.29. The molecule has 0 aliphatic carbocycles. The lowest BCUT2D eigenvalue weighted by Gasteiger charge is -2.46. The number of methoxy groups -OCH3 is 1. The van der Waals surface area contributed by atoms with Gasteiger partial charge in [0.05, 0.1) is 24.9 Å². The van der Waals surface area contributed by atoms with E-state index in [-0.39, 0.29) is 23.5 Å². The van der Waals surface area contributed by atoms with Gasteiger partial charge >= 0.3 is 0 Å². The fourth-order valence-corrected chi connectivity index (χ4v) is 3.73. The molecule has 2 heterocycles. The van der Waals surface area contributed by atoms with Gasteiger partial charge in [-0.05, 0) is 56.9 Å². The van der Waals surface area contributed by atoms with Crippen molar-refractivity contribution >= 4 is 0 Å². The summed E-state index contributed by atoms with van der Waals surface area (Å²) in [5.41, 5.74) is 2.03. The van der Waals surface area contributed by atoms with Gasteiger partial charge in [0, 0.05) is 19.1 Å². The number of rotatable bonds is 2. The summed E-state index contributed by atoms with van der Waals surface area (Å²) in [5, 5.41) is 20.5. The lowest BCUT2D eigenvalue weighted by molar-refractivity contribution is -0.149. The van der Waals surface area contributed by atoms with Gasteiger partial charge in [0.1, 0.15) is 0 Å². The third kappa shape index (κ3) is 3.32. The number of aliphatic hydroxyl groups is 1. The Morgan fingerprint density at radius 2 is 2.00 bits per heavy atom. The Morgan fingerprint density at radius 3 is 2.65 bits per heavy atom.